The molecule has 0 saturated carbocycles. The first-order valence-electron chi connectivity index (χ1n) is 7.26. The lowest BCUT2D eigenvalue weighted by molar-refractivity contribution is 0.421. The van der Waals surface area contributed by atoms with Gasteiger partial charge in [0.25, 0.3) is 0 Å². The molecule has 7 heteroatoms. The monoisotopic (exact) mass is 312 g/mol. The van der Waals surface area contributed by atoms with Crippen LogP contribution in [0.4, 0.5) is 5.82 Å². The number of anilines is 1. The molecular weight excluding hydrogens is 288 g/mol. The standard InChI is InChI=1S/C14H24N4O2S/c1-14(2,3)16-10-12-9-15-11-13(17-12)18-5-4-7-21(19,20)8-6-18/h9,11,16H,4-8,10H2,1-3H3. The van der Waals surface area contributed by atoms with Crippen LogP contribution in [0.5, 0.6) is 0 Å². The van der Waals surface area contributed by atoms with Crippen LogP contribution in [0, 0.1) is 0 Å². The van der Waals surface area contributed by atoms with Crippen molar-refractivity contribution in [1.82, 2.24) is 15.3 Å². The summed E-state index contributed by atoms with van der Waals surface area (Å²) in [6.45, 7) is 8.16. The molecule has 2 rings (SSSR count). The summed E-state index contributed by atoms with van der Waals surface area (Å²) in [5.74, 6) is 1.22. The Morgan fingerprint density at radius 2 is 2.00 bits per heavy atom. The Hall–Kier alpha value is -1.21. The maximum absolute atomic E-state index is 11.7. The van der Waals surface area contributed by atoms with Gasteiger partial charge >= 0.3 is 0 Å². The third-order valence-corrected chi connectivity index (χ3v) is 5.07. The minimum absolute atomic E-state index is 0.0222. The largest absolute Gasteiger partial charge is 0.354 e. The third kappa shape index (κ3) is 5.24. The molecule has 1 fully saturated rings. The summed E-state index contributed by atoms with van der Waals surface area (Å²) in [4.78, 5) is 10.8. The van der Waals surface area contributed by atoms with Crippen LogP contribution in [0.15, 0.2) is 12.4 Å². The van der Waals surface area contributed by atoms with Gasteiger partial charge in [-0.3, -0.25) is 4.98 Å². The van der Waals surface area contributed by atoms with Crippen molar-refractivity contribution in [3.63, 3.8) is 0 Å². The molecule has 6 nitrogen and oxygen atoms in total. The SMILES string of the molecule is CC(C)(C)NCc1cncc(N2CCCS(=O)(=O)CC2)n1. The molecule has 0 aliphatic carbocycles. The predicted octanol–water partition coefficient (Wildman–Crippen LogP) is 0.990. The zero-order chi connectivity index (χ0) is 15.5. The Kier molecular flexibility index (Phi) is 4.83. The number of nitrogens with one attached hydrogen (secondary N) is 1. The van der Waals surface area contributed by atoms with Crippen LogP contribution in [0.3, 0.4) is 0 Å². The number of nitrogens with zero attached hydrogens (tertiary/aromatic N) is 3. The van der Waals surface area contributed by atoms with Crippen LogP contribution in [-0.2, 0) is 16.4 Å². The molecule has 1 N–H and O–H groups in total. The highest BCUT2D eigenvalue weighted by Crippen LogP contribution is 2.14. The number of rotatable bonds is 3. The molecule has 0 bridgehead atoms. The van der Waals surface area contributed by atoms with Crippen molar-refractivity contribution in [2.75, 3.05) is 29.5 Å². The highest BCUT2D eigenvalue weighted by atomic mass is 32.2. The second-order valence-corrected chi connectivity index (χ2v) is 8.77. The van der Waals surface area contributed by atoms with Crippen molar-refractivity contribution in [1.29, 1.82) is 0 Å². The van der Waals surface area contributed by atoms with E-state index in [4.69, 9.17) is 0 Å². The van der Waals surface area contributed by atoms with E-state index in [1.807, 2.05) is 4.90 Å². The zero-order valence-corrected chi connectivity index (χ0v) is 13.8. The normalized spacial score (nSPS) is 19.3. The van der Waals surface area contributed by atoms with Crippen molar-refractivity contribution in [3.8, 4) is 0 Å². The lowest BCUT2D eigenvalue weighted by atomic mass is 10.1. The molecule has 0 amide bonds. The van der Waals surface area contributed by atoms with Gasteiger partial charge in [-0.2, -0.15) is 0 Å². The Balaban J connectivity index is 2.06. The van der Waals surface area contributed by atoms with E-state index < -0.39 is 9.84 Å². The highest BCUT2D eigenvalue weighted by molar-refractivity contribution is 7.91. The highest BCUT2D eigenvalue weighted by Gasteiger charge is 2.20. The topological polar surface area (TPSA) is 75.2 Å². The van der Waals surface area contributed by atoms with E-state index in [0.717, 1.165) is 11.5 Å². The lowest BCUT2D eigenvalue weighted by Crippen LogP contribution is -2.35. The van der Waals surface area contributed by atoms with Gasteiger partial charge in [0, 0.05) is 31.4 Å². The summed E-state index contributed by atoms with van der Waals surface area (Å²) < 4.78 is 23.3. The molecule has 1 aromatic heterocycles. The van der Waals surface area contributed by atoms with Gasteiger partial charge < -0.3 is 10.2 Å². The van der Waals surface area contributed by atoms with Crippen LogP contribution < -0.4 is 10.2 Å². The number of aromatic nitrogens is 2. The summed E-state index contributed by atoms with van der Waals surface area (Å²) in [5.41, 5.74) is 0.892. The quantitative estimate of drug-likeness (QED) is 0.897. The average Bonchev–Trinajstić information content (AvgIpc) is 2.57. The lowest BCUT2D eigenvalue weighted by Gasteiger charge is -2.22. The fourth-order valence-corrected chi connectivity index (χ4v) is 3.43. The minimum atomic E-state index is -2.90. The first-order chi connectivity index (χ1) is 9.75. The van der Waals surface area contributed by atoms with Crippen molar-refractivity contribution < 1.29 is 8.42 Å². The Labute approximate surface area is 126 Å². The minimum Gasteiger partial charge on any atom is -0.354 e. The van der Waals surface area contributed by atoms with Gasteiger partial charge in [0.15, 0.2) is 9.84 Å². The first kappa shape index (κ1) is 16.2. The summed E-state index contributed by atoms with van der Waals surface area (Å²) in [6, 6.07) is 0. The summed E-state index contributed by atoms with van der Waals surface area (Å²) in [6.07, 6.45) is 4.10. The van der Waals surface area contributed by atoms with Gasteiger partial charge in [0.1, 0.15) is 5.82 Å². The smallest absolute Gasteiger partial charge is 0.152 e. The van der Waals surface area contributed by atoms with Crippen molar-refractivity contribution >= 4 is 15.7 Å². The van der Waals surface area contributed by atoms with Crippen LogP contribution in [0.1, 0.15) is 32.9 Å². The Morgan fingerprint density at radius 1 is 1.24 bits per heavy atom. The number of hydrogen-bond acceptors (Lipinski definition) is 6. The van der Waals surface area contributed by atoms with Gasteiger partial charge in [-0.15, -0.1) is 0 Å². The molecule has 0 radical (unpaired) electrons. The van der Waals surface area contributed by atoms with Gasteiger partial charge in [-0.1, -0.05) is 0 Å². The van der Waals surface area contributed by atoms with Crippen molar-refractivity contribution in [2.24, 2.45) is 0 Å². The second-order valence-electron chi connectivity index (χ2n) is 6.46. The van der Waals surface area contributed by atoms with Crippen LogP contribution in [-0.4, -0.2) is 48.5 Å². The summed E-state index contributed by atoms with van der Waals surface area (Å²) in [5, 5.41) is 3.38. The second kappa shape index (κ2) is 6.27. The van der Waals surface area contributed by atoms with E-state index in [9.17, 15) is 8.42 Å². The van der Waals surface area contributed by atoms with E-state index in [2.05, 4.69) is 36.1 Å². The molecule has 0 aromatic carbocycles. The average molecular weight is 312 g/mol. The molecule has 1 aliphatic rings. The number of hydrogen-bond donors (Lipinski definition) is 1. The molecule has 0 unspecified atom stereocenters. The van der Waals surface area contributed by atoms with E-state index in [-0.39, 0.29) is 17.0 Å². The fourth-order valence-electron chi connectivity index (χ4n) is 2.16. The van der Waals surface area contributed by atoms with Crippen LogP contribution in [0.2, 0.25) is 0 Å². The molecule has 1 aromatic rings. The van der Waals surface area contributed by atoms with Gasteiger partial charge in [-0.25, -0.2) is 13.4 Å². The van der Waals surface area contributed by atoms with E-state index >= 15 is 0 Å². The maximum Gasteiger partial charge on any atom is 0.152 e. The summed E-state index contributed by atoms with van der Waals surface area (Å²) >= 11 is 0. The van der Waals surface area contributed by atoms with Gasteiger partial charge in [-0.05, 0) is 27.2 Å². The molecule has 0 atom stereocenters. The van der Waals surface area contributed by atoms with Crippen molar-refractivity contribution in [3.05, 3.63) is 18.1 Å². The molecule has 1 saturated heterocycles. The molecule has 1 aliphatic heterocycles. The molecule has 2 heterocycles. The maximum atomic E-state index is 11.7. The zero-order valence-electron chi connectivity index (χ0n) is 13.0. The summed E-state index contributed by atoms with van der Waals surface area (Å²) in [7, 11) is -2.90. The molecule has 0 spiro atoms. The first-order valence-corrected chi connectivity index (χ1v) is 9.09. The van der Waals surface area contributed by atoms with Gasteiger partial charge in [0.2, 0.25) is 0 Å². The number of sulfone groups is 1. The van der Waals surface area contributed by atoms with Gasteiger partial charge in [0.05, 0.1) is 23.4 Å². The van der Waals surface area contributed by atoms with E-state index in [1.165, 1.54) is 0 Å². The van der Waals surface area contributed by atoms with Crippen LogP contribution >= 0.6 is 0 Å². The van der Waals surface area contributed by atoms with E-state index in [1.54, 1.807) is 12.4 Å². The van der Waals surface area contributed by atoms with Crippen molar-refractivity contribution in [2.45, 2.75) is 39.3 Å². The molecule has 21 heavy (non-hydrogen) atoms. The molecular formula is C14H24N4O2S. The molecule has 118 valence electrons. The van der Waals surface area contributed by atoms with Crippen LogP contribution in [0.25, 0.3) is 0 Å². The Morgan fingerprint density at radius 3 is 2.71 bits per heavy atom. The predicted molar refractivity (Wildman–Crippen MR) is 84.1 cm³/mol. The third-order valence-electron chi connectivity index (χ3n) is 3.35. The Bertz CT molecular complexity index is 581. The van der Waals surface area contributed by atoms with E-state index in [0.29, 0.717) is 26.1 Å². The fraction of sp³-hybridized carbons (Fsp3) is 0.714.